The Morgan fingerprint density at radius 2 is 1.72 bits per heavy atom. The van der Waals surface area contributed by atoms with E-state index in [2.05, 4.69) is 0 Å². The molecule has 2 aromatic rings. The first-order valence-corrected chi connectivity index (χ1v) is 5.37. The Morgan fingerprint density at radius 1 is 1.06 bits per heavy atom. The Labute approximate surface area is 104 Å². The van der Waals surface area contributed by atoms with Crippen LogP contribution in [0.2, 0.25) is 0 Å². The van der Waals surface area contributed by atoms with Gasteiger partial charge in [-0.15, -0.1) is 0 Å². The smallest absolute Gasteiger partial charge is 0.122 e. The van der Waals surface area contributed by atoms with E-state index in [0.717, 1.165) is 11.1 Å². The van der Waals surface area contributed by atoms with Crippen LogP contribution in [0.3, 0.4) is 0 Å². The van der Waals surface area contributed by atoms with Crippen molar-refractivity contribution >= 4 is 5.97 Å². The number of carboxylic acids is 1. The van der Waals surface area contributed by atoms with E-state index < -0.39 is 12.1 Å². The molecule has 0 heterocycles. The zero-order valence-electron chi connectivity index (χ0n) is 9.41. The molecule has 0 aliphatic carbocycles. The van der Waals surface area contributed by atoms with Crippen LogP contribution in [0.1, 0.15) is 11.7 Å². The summed E-state index contributed by atoms with van der Waals surface area (Å²) in [4.78, 5) is 10.5. The van der Waals surface area contributed by atoms with E-state index in [0.29, 0.717) is 0 Å². The molecule has 0 aliphatic rings. The first-order valence-electron chi connectivity index (χ1n) is 5.37. The number of carboxylic acid groups (broad SMARTS) is 1. The zero-order valence-corrected chi connectivity index (χ0v) is 9.41. The van der Waals surface area contributed by atoms with Gasteiger partial charge in [-0.3, -0.25) is 0 Å². The molecule has 18 heavy (non-hydrogen) atoms. The minimum atomic E-state index is -1.82. The molecule has 0 amide bonds. The second kappa shape index (κ2) is 4.89. The molecule has 1 atom stereocenters. The molecule has 0 aliphatic heterocycles. The first-order chi connectivity index (χ1) is 8.59. The number of phenolic OH excluding ortho intramolecular Hbond substituents is 1. The van der Waals surface area contributed by atoms with E-state index in [1.54, 1.807) is 6.07 Å². The van der Waals surface area contributed by atoms with Gasteiger partial charge >= 0.3 is 0 Å². The molecule has 92 valence electrons. The Bertz CT molecular complexity index is 563. The summed E-state index contributed by atoms with van der Waals surface area (Å²) in [5.74, 6) is -1.91. The molecular weight excluding hydrogens is 232 g/mol. The Kier molecular flexibility index (Phi) is 3.30. The predicted octanol–water partition coefficient (Wildman–Crippen LogP) is 0.842. The molecule has 2 aromatic carbocycles. The van der Waals surface area contributed by atoms with Crippen LogP contribution < -0.4 is 5.11 Å². The predicted molar refractivity (Wildman–Crippen MR) is 63.5 cm³/mol. The summed E-state index contributed by atoms with van der Waals surface area (Å²) in [5.41, 5.74) is 1.55. The van der Waals surface area contributed by atoms with Crippen LogP contribution in [0, 0.1) is 0 Å². The molecule has 0 aromatic heterocycles. The van der Waals surface area contributed by atoms with E-state index in [4.69, 9.17) is 0 Å². The van der Waals surface area contributed by atoms with Gasteiger partial charge < -0.3 is 20.1 Å². The van der Waals surface area contributed by atoms with Crippen molar-refractivity contribution in [2.24, 2.45) is 0 Å². The summed E-state index contributed by atoms with van der Waals surface area (Å²) in [6.45, 7) is 0. The number of aliphatic hydroxyl groups excluding tert-OH is 1. The van der Waals surface area contributed by atoms with Crippen LogP contribution in [0.15, 0.2) is 48.5 Å². The highest BCUT2D eigenvalue weighted by Crippen LogP contribution is 2.29. The van der Waals surface area contributed by atoms with E-state index in [-0.39, 0.29) is 11.3 Å². The van der Waals surface area contributed by atoms with Crippen molar-refractivity contribution in [1.29, 1.82) is 0 Å². The van der Waals surface area contributed by atoms with Gasteiger partial charge in [-0.1, -0.05) is 42.5 Å². The van der Waals surface area contributed by atoms with Gasteiger partial charge in [0.25, 0.3) is 0 Å². The van der Waals surface area contributed by atoms with Crippen molar-refractivity contribution in [3.05, 3.63) is 54.1 Å². The van der Waals surface area contributed by atoms with Crippen LogP contribution >= 0.6 is 0 Å². The normalized spacial score (nSPS) is 12.1. The summed E-state index contributed by atoms with van der Waals surface area (Å²) >= 11 is 0. The molecule has 0 saturated heterocycles. The molecule has 0 bridgehead atoms. The van der Waals surface area contributed by atoms with Crippen LogP contribution in [-0.2, 0) is 4.79 Å². The lowest BCUT2D eigenvalue weighted by atomic mass is 10.0. The second-order valence-electron chi connectivity index (χ2n) is 3.86. The fourth-order valence-corrected chi connectivity index (χ4v) is 1.71. The molecule has 0 spiro atoms. The summed E-state index contributed by atoms with van der Waals surface area (Å²) in [6, 6.07) is 13.7. The maximum Gasteiger partial charge on any atom is 0.122 e. The van der Waals surface area contributed by atoms with Crippen LogP contribution in [0.4, 0.5) is 0 Å². The maximum absolute atomic E-state index is 10.5. The lowest BCUT2D eigenvalue weighted by molar-refractivity contribution is -0.315. The van der Waals surface area contributed by atoms with Gasteiger partial charge in [-0.05, 0) is 17.2 Å². The lowest BCUT2D eigenvalue weighted by Gasteiger charge is -2.14. The summed E-state index contributed by atoms with van der Waals surface area (Å²) in [5, 5.41) is 29.6. The number of carbonyl (C=O) groups excluding carboxylic acids is 1. The average molecular weight is 243 g/mol. The van der Waals surface area contributed by atoms with Crippen molar-refractivity contribution in [2.45, 2.75) is 6.10 Å². The minimum Gasteiger partial charge on any atom is -0.547 e. The standard InChI is InChI=1S/C14H12O4/c15-12-8-10(9-4-2-1-3-5-9)6-7-11(12)13(16)14(17)18/h1-8,13,15-16H,(H,17,18)/p-1. The number of hydrogen-bond acceptors (Lipinski definition) is 4. The molecule has 2 rings (SSSR count). The molecule has 4 heteroatoms. The highest BCUT2D eigenvalue weighted by Gasteiger charge is 2.13. The summed E-state index contributed by atoms with van der Waals surface area (Å²) < 4.78 is 0. The monoisotopic (exact) mass is 243 g/mol. The average Bonchev–Trinajstić information content (AvgIpc) is 2.38. The molecule has 0 saturated carbocycles. The van der Waals surface area contributed by atoms with Crippen LogP contribution in [-0.4, -0.2) is 16.2 Å². The number of aliphatic carboxylic acids is 1. The second-order valence-corrected chi connectivity index (χ2v) is 3.86. The van der Waals surface area contributed by atoms with E-state index in [1.807, 2.05) is 30.3 Å². The fourth-order valence-electron chi connectivity index (χ4n) is 1.71. The van der Waals surface area contributed by atoms with E-state index in [1.165, 1.54) is 12.1 Å². The van der Waals surface area contributed by atoms with Gasteiger partial charge in [0.1, 0.15) is 11.9 Å². The van der Waals surface area contributed by atoms with Crippen molar-refractivity contribution < 1.29 is 20.1 Å². The Hall–Kier alpha value is -2.33. The zero-order chi connectivity index (χ0) is 13.1. The lowest BCUT2D eigenvalue weighted by Crippen LogP contribution is -2.29. The summed E-state index contributed by atoms with van der Waals surface area (Å²) in [6.07, 6.45) is -1.82. The Morgan fingerprint density at radius 3 is 2.28 bits per heavy atom. The number of phenols is 1. The van der Waals surface area contributed by atoms with Gasteiger partial charge in [0.05, 0.1) is 5.97 Å². The minimum absolute atomic E-state index is 0.0744. The third kappa shape index (κ3) is 2.33. The topological polar surface area (TPSA) is 80.6 Å². The fraction of sp³-hybridized carbons (Fsp3) is 0.0714. The van der Waals surface area contributed by atoms with E-state index in [9.17, 15) is 20.1 Å². The molecule has 4 nitrogen and oxygen atoms in total. The van der Waals surface area contributed by atoms with Gasteiger partial charge in [-0.2, -0.15) is 0 Å². The van der Waals surface area contributed by atoms with Gasteiger partial charge in [-0.25, -0.2) is 0 Å². The summed E-state index contributed by atoms with van der Waals surface area (Å²) in [7, 11) is 0. The van der Waals surface area contributed by atoms with Gasteiger partial charge in [0.15, 0.2) is 0 Å². The van der Waals surface area contributed by atoms with Crippen molar-refractivity contribution in [1.82, 2.24) is 0 Å². The number of hydrogen-bond donors (Lipinski definition) is 2. The van der Waals surface area contributed by atoms with Crippen LogP contribution in [0.25, 0.3) is 11.1 Å². The molecule has 1 unspecified atom stereocenters. The Balaban J connectivity index is 2.40. The quantitative estimate of drug-likeness (QED) is 0.837. The molecule has 0 fully saturated rings. The van der Waals surface area contributed by atoms with Crippen molar-refractivity contribution in [3.8, 4) is 16.9 Å². The number of carbonyl (C=O) groups is 1. The maximum atomic E-state index is 10.5. The third-order valence-electron chi connectivity index (χ3n) is 2.66. The third-order valence-corrected chi connectivity index (χ3v) is 2.66. The highest BCUT2D eigenvalue weighted by molar-refractivity contribution is 5.74. The number of aliphatic hydroxyl groups is 1. The highest BCUT2D eigenvalue weighted by atomic mass is 16.4. The molecule has 2 N–H and O–H groups in total. The number of rotatable bonds is 3. The first kappa shape index (κ1) is 12.1. The molecule has 0 radical (unpaired) electrons. The van der Waals surface area contributed by atoms with Gasteiger partial charge in [0, 0.05) is 5.56 Å². The SMILES string of the molecule is O=C([O-])C(O)c1ccc(-c2ccccc2)cc1O. The number of benzene rings is 2. The largest absolute Gasteiger partial charge is 0.547 e. The number of aromatic hydroxyl groups is 1. The van der Waals surface area contributed by atoms with Crippen molar-refractivity contribution in [3.63, 3.8) is 0 Å². The van der Waals surface area contributed by atoms with Gasteiger partial charge in [0.2, 0.25) is 0 Å². The van der Waals surface area contributed by atoms with E-state index >= 15 is 0 Å². The van der Waals surface area contributed by atoms with Crippen molar-refractivity contribution in [2.75, 3.05) is 0 Å². The van der Waals surface area contributed by atoms with Crippen LogP contribution in [0.5, 0.6) is 5.75 Å². The molecular formula is C14H11O4-.